The minimum absolute atomic E-state index is 0.0135. The van der Waals surface area contributed by atoms with Gasteiger partial charge < -0.3 is 0 Å². The lowest BCUT2D eigenvalue weighted by molar-refractivity contribution is -0.129. The normalized spacial score (nSPS) is 40.2. The van der Waals surface area contributed by atoms with Crippen LogP contribution in [0.2, 0.25) is 0 Å². The van der Waals surface area contributed by atoms with Gasteiger partial charge in [-0.1, -0.05) is 45.6 Å². The summed E-state index contributed by atoms with van der Waals surface area (Å²) < 4.78 is 0. The van der Waals surface area contributed by atoms with Crippen molar-refractivity contribution >= 4 is 5.78 Å². The summed E-state index contributed by atoms with van der Waals surface area (Å²) in [7, 11) is 0. The van der Waals surface area contributed by atoms with Crippen LogP contribution >= 0.6 is 0 Å². The van der Waals surface area contributed by atoms with Crippen LogP contribution in [0.15, 0.2) is 24.8 Å². The van der Waals surface area contributed by atoms with Gasteiger partial charge in [-0.2, -0.15) is 0 Å². The third-order valence-corrected chi connectivity index (χ3v) is 4.95. The second-order valence-corrected chi connectivity index (χ2v) is 7.86. The van der Waals surface area contributed by atoms with E-state index >= 15 is 0 Å². The molecule has 2 fully saturated rings. The molecule has 2 saturated heterocycles. The van der Waals surface area contributed by atoms with Gasteiger partial charge in [0.1, 0.15) is 5.54 Å². The van der Waals surface area contributed by atoms with Crippen LogP contribution in [-0.2, 0) is 4.79 Å². The van der Waals surface area contributed by atoms with Crippen LogP contribution in [0.3, 0.4) is 0 Å². The van der Waals surface area contributed by atoms with Gasteiger partial charge in [0.05, 0.1) is 0 Å². The second kappa shape index (κ2) is 3.82. The molecule has 19 heavy (non-hydrogen) atoms. The van der Waals surface area contributed by atoms with Crippen molar-refractivity contribution in [1.82, 2.24) is 4.90 Å². The predicted molar refractivity (Wildman–Crippen MR) is 80.1 cm³/mol. The molecule has 2 heteroatoms. The molecule has 2 aliphatic rings. The molecule has 0 aromatic heterocycles. The maximum Gasteiger partial charge on any atom is 0.164 e. The minimum Gasteiger partial charge on any atom is -0.297 e. The van der Waals surface area contributed by atoms with Crippen LogP contribution in [0.25, 0.3) is 0 Å². The average molecular weight is 261 g/mol. The van der Waals surface area contributed by atoms with Gasteiger partial charge in [-0.25, -0.2) is 0 Å². The highest BCUT2D eigenvalue weighted by atomic mass is 16.1. The molecule has 0 radical (unpaired) electrons. The SMILES string of the molecule is C=C/C=C/C1(C(=O)C(C)(C)C)N2C(C)(C)CCC21C. The van der Waals surface area contributed by atoms with Crippen LogP contribution in [0.4, 0.5) is 0 Å². The molecule has 3 atom stereocenters. The number of ketones is 1. The van der Waals surface area contributed by atoms with Gasteiger partial charge in [-0.15, -0.1) is 0 Å². The summed E-state index contributed by atoms with van der Waals surface area (Å²) in [6.07, 6.45) is 8.02. The molecule has 0 aliphatic carbocycles. The minimum atomic E-state index is -0.429. The first kappa shape index (κ1) is 14.5. The van der Waals surface area contributed by atoms with Crippen LogP contribution in [-0.4, -0.2) is 27.3 Å². The number of allylic oxidation sites excluding steroid dienone is 2. The number of rotatable bonds is 3. The zero-order valence-electron chi connectivity index (χ0n) is 13.2. The number of hydrogen-bond acceptors (Lipinski definition) is 2. The molecule has 0 aromatic rings. The maximum atomic E-state index is 13.0. The Bertz CT molecular complexity index is 454. The number of fused-ring (bicyclic) bond motifs is 1. The molecule has 0 spiro atoms. The number of carbonyl (C=O) groups is 1. The van der Waals surface area contributed by atoms with Crippen molar-refractivity contribution in [3.05, 3.63) is 24.8 Å². The highest BCUT2D eigenvalue weighted by Crippen LogP contribution is 2.67. The highest BCUT2D eigenvalue weighted by Gasteiger charge is 2.81. The Morgan fingerprint density at radius 1 is 1.21 bits per heavy atom. The Morgan fingerprint density at radius 3 is 2.16 bits per heavy atom. The molecule has 0 bridgehead atoms. The van der Waals surface area contributed by atoms with E-state index in [0.29, 0.717) is 5.78 Å². The van der Waals surface area contributed by atoms with E-state index in [0.717, 1.165) is 12.8 Å². The van der Waals surface area contributed by atoms with E-state index in [-0.39, 0.29) is 16.5 Å². The van der Waals surface area contributed by atoms with Crippen molar-refractivity contribution in [3.63, 3.8) is 0 Å². The Hall–Kier alpha value is -0.890. The smallest absolute Gasteiger partial charge is 0.164 e. The van der Waals surface area contributed by atoms with Gasteiger partial charge in [0, 0.05) is 16.5 Å². The van der Waals surface area contributed by atoms with Gasteiger partial charge in [0.2, 0.25) is 0 Å². The Balaban J connectivity index is 2.50. The predicted octanol–water partition coefficient (Wildman–Crippen LogP) is 3.73. The van der Waals surface area contributed by atoms with E-state index in [1.807, 2.05) is 26.8 Å². The lowest BCUT2D eigenvalue weighted by atomic mass is 9.74. The number of carbonyl (C=O) groups excluding carboxylic acids is 1. The van der Waals surface area contributed by atoms with Gasteiger partial charge >= 0.3 is 0 Å². The fourth-order valence-electron chi connectivity index (χ4n) is 4.11. The number of piperidine rings is 1. The first-order valence-corrected chi connectivity index (χ1v) is 7.20. The van der Waals surface area contributed by atoms with Crippen molar-refractivity contribution in [2.75, 3.05) is 0 Å². The molecule has 106 valence electrons. The van der Waals surface area contributed by atoms with Crippen molar-refractivity contribution in [2.24, 2.45) is 5.41 Å². The summed E-state index contributed by atoms with van der Waals surface area (Å²) in [5, 5.41) is 0. The standard InChI is InChI=1S/C17H27NO/c1-8-9-10-17(13(19)14(2,3)4)16(7)12-11-15(5,6)18(16)17/h8-10H,1,11-12H2,2-7H3/b10-9+. The zero-order chi connectivity index (χ0) is 14.7. The summed E-state index contributed by atoms with van der Waals surface area (Å²) in [4.78, 5) is 15.5. The molecule has 0 amide bonds. The van der Waals surface area contributed by atoms with Crippen molar-refractivity contribution < 1.29 is 4.79 Å². The molecular formula is C17H27NO. The van der Waals surface area contributed by atoms with Crippen LogP contribution in [0, 0.1) is 5.41 Å². The van der Waals surface area contributed by atoms with Crippen molar-refractivity contribution in [3.8, 4) is 0 Å². The fourth-order valence-corrected chi connectivity index (χ4v) is 4.11. The quantitative estimate of drug-likeness (QED) is 0.570. The lowest BCUT2D eigenvalue weighted by Crippen LogP contribution is -2.45. The van der Waals surface area contributed by atoms with E-state index in [9.17, 15) is 4.79 Å². The Kier molecular flexibility index (Phi) is 2.92. The lowest BCUT2D eigenvalue weighted by Gasteiger charge is -2.31. The van der Waals surface area contributed by atoms with E-state index in [1.165, 1.54) is 0 Å². The average Bonchev–Trinajstić information content (AvgIpc) is 2.73. The molecule has 2 nitrogen and oxygen atoms in total. The monoisotopic (exact) mass is 261 g/mol. The van der Waals surface area contributed by atoms with Crippen molar-refractivity contribution in [1.29, 1.82) is 0 Å². The highest BCUT2D eigenvalue weighted by molar-refractivity contribution is 6.00. The fraction of sp³-hybridized carbons (Fsp3) is 0.706. The van der Waals surface area contributed by atoms with Crippen LogP contribution in [0.5, 0.6) is 0 Å². The molecule has 2 aliphatic heterocycles. The van der Waals surface area contributed by atoms with E-state index in [2.05, 4.69) is 38.3 Å². The summed E-state index contributed by atoms with van der Waals surface area (Å²) in [6.45, 7) is 16.5. The molecular weight excluding hydrogens is 234 g/mol. The molecule has 0 aromatic carbocycles. The largest absolute Gasteiger partial charge is 0.297 e. The first-order chi connectivity index (χ1) is 8.54. The van der Waals surface area contributed by atoms with Gasteiger partial charge in [-0.3, -0.25) is 9.69 Å². The number of nitrogens with zero attached hydrogens (tertiary/aromatic N) is 1. The zero-order valence-corrected chi connectivity index (χ0v) is 13.2. The summed E-state index contributed by atoms with van der Waals surface area (Å²) in [5.74, 6) is 0.327. The summed E-state index contributed by atoms with van der Waals surface area (Å²) in [5.41, 5.74) is -0.669. The van der Waals surface area contributed by atoms with Gasteiger partial charge in [0.25, 0.3) is 0 Å². The topological polar surface area (TPSA) is 20.1 Å². The molecule has 2 rings (SSSR count). The third kappa shape index (κ3) is 1.69. The van der Waals surface area contributed by atoms with E-state index in [4.69, 9.17) is 0 Å². The number of hydrogen-bond donors (Lipinski definition) is 0. The van der Waals surface area contributed by atoms with Crippen LogP contribution in [0.1, 0.15) is 54.4 Å². The Morgan fingerprint density at radius 2 is 1.79 bits per heavy atom. The molecule has 0 saturated carbocycles. The third-order valence-electron chi connectivity index (χ3n) is 4.95. The molecule has 3 unspecified atom stereocenters. The summed E-state index contributed by atoms with van der Waals surface area (Å²) in [6, 6.07) is 0. The van der Waals surface area contributed by atoms with E-state index in [1.54, 1.807) is 6.08 Å². The first-order valence-electron chi connectivity index (χ1n) is 7.20. The number of Topliss-reactive ketones (excluding diaryl/α,β-unsaturated/α-hetero) is 1. The second-order valence-electron chi connectivity index (χ2n) is 7.86. The van der Waals surface area contributed by atoms with Crippen molar-refractivity contribution in [2.45, 2.75) is 71.0 Å². The van der Waals surface area contributed by atoms with E-state index < -0.39 is 5.54 Å². The maximum absolute atomic E-state index is 13.0. The van der Waals surface area contributed by atoms with Gasteiger partial charge in [-0.05, 0) is 33.6 Å². The molecule has 0 N–H and O–H groups in total. The Labute approximate surface area is 117 Å². The van der Waals surface area contributed by atoms with Gasteiger partial charge in [0.15, 0.2) is 5.78 Å². The van der Waals surface area contributed by atoms with Crippen LogP contribution < -0.4 is 0 Å². The molecule has 2 heterocycles. The summed E-state index contributed by atoms with van der Waals surface area (Å²) >= 11 is 0.